The van der Waals surface area contributed by atoms with Crippen molar-refractivity contribution in [1.82, 2.24) is 14.9 Å². The van der Waals surface area contributed by atoms with Crippen LogP contribution in [0, 0.1) is 0 Å². The predicted molar refractivity (Wildman–Crippen MR) is 76.7 cm³/mol. The predicted octanol–water partition coefficient (Wildman–Crippen LogP) is 1.61. The van der Waals surface area contributed by atoms with E-state index in [4.69, 9.17) is 0 Å². The number of nitrogens with zero attached hydrogens (tertiary/aromatic N) is 3. The summed E-state index contributed by atoms with van der Waals surface area (Å²) in [5.41, 5.74) is 0. The Bertz CT molecular complexity index is 408. The average Bonchev–Trinajstić information content (AvgIpc) is 2.41. The van der Waals surface area contributed by atoms with E-state index in [2.05, 4.69) is 31.2 Å². The monoisotopic (exact) mass is 330 g/mol. The van der Waals surface area contributed by atoms with Gasteiger partial charge in [0.05, 0.1) is 4.47 Å². The zero-order chi connectivity index (χ0) is 13.0. The molecule has 1 atom stereocenters. The third-order valence-corrected chi connectivity index (χ3v) is 4.01. The van der Waals surface area contributed by atoms with Crippen LogP contribution in [0.5, 0.6) is 0 Å². The number of aromatic nitrogens is 2. The number of rotatable bonds is 3. The van der Waals surface area contributed by atoms with Crippen molar-refractivity contribution in [3.8, 4) is 0 Å². The van der Waals surface area contributed by atoms with E-state index in [0.717, 1.165) is 29.1 Å². The van der Waals surface area contributed by atoms with Crippen molar-refractivity contribution < 1.29 is 4.79 Å². The number of amides is 1. The fourth-order valence-electron chi connectivity index (χ4n) is 1.70. The summed E-state index contributed by atoms with van der Waals surface area (Å²) in [6.45, 7) is 3.50. The average molecular weight is 331 g/mol. The van der Waals surface area contributed by atoms with Crippen LogP contribution in [0.4, 0.5) is 5.95 Å². The maximum absolute atomic E-state index is 12.2. The molecule has 1 aromatic heterocycles. The number of hydrogen-bond donors (Lipinski definition) is 1. The molecule has 1 aliphatic heterocycles. The number of carbonyl (C=O) groups is 1. The summed E-state index contributed by atoms with van der Waals surface area (Å²) < 4.78 is 0.820. The normalized spacial score (nSPS) is 17.3. The molecule has 0 aromatic carbocycles. The van der Waals surface area contributed by atoms with E-state index in [1.807, 2.05) is 23.6 Å². The maximum Gasteiger partial charge on any atom is 0.244 e. The molecule has 1 amide bonds. The zero-order valence-corrected chi connectivity index (χ0v) is 12.5. The Kier molecular flexibility index (Phi) is 4.82. The number of carbonyl (C=O) groups excluding carboxylic acids is 1. The minimum Gasteiger partial charge on any atom is -0.343 e. The molecule has 2 heterocycles. The van der Waals surface area contributed by atoms with Crippen LogP contribution in [0.15, 0.2) is 16.9 Å². The second kappa shape index (κ2) is 6.38. The molecule has 18 heavy (non-hydrogen) atoms. The highest BCUT2D eigenvalue weighted by atomic mass is 79.9. The van der Waals surface area contributed by atoms with Crippen LogP contribution in [0.2, 0.25) is 0 Å². The number of nitrogens with one attached hydrogen (secondary N) is 1. The van der Waals surface area contributed by atoms with Gasteiger partial charge in [0, 0.05) is 37.0 Å². The van der Waals surface area contributed by atoms with Gasteiger partial charge in [-0.15, -0.1) is 0 Å². The largest absolute Gasteiger partial charge is 0.343 e. The topological polar surface area (TPSA) is 58.1 Å². The van der Waals surface area contributed by atoms with Gasteiger partial charge in [-0.1, -0.05) is 0 Å². The minimum atomic E-state index is -0.297. The summed E-state index contributed by atoms with van der Waals surface area (Å²) in [5, 5.41) is 3.03. The fourth-order valence-corrected chi connectivity index (χ4v) is 2.81. The van der Waals surface area contributed by atoms with Gasteiger partial charge in [0.15, 0.2) is 0 Å². The van der Waals surface area contributed by atoms with E-state index in [1.54, 1.807) is 12.4 Å². The standard InChI is InChI=1S/C11H15BrN4OS/c1-8(10(17)16-2-4-18-5-3-16)15-11-13-6-9(12)7-14-11/h6-8H,2-5H2,1H3,(H,13,14,15)/t8-/m0/s1. The fraction of sp³-hybridized carbons (Fsp3) is 0.545. The van der Waals surface area contributed by atoms with Gasteiger partial charge >= 0.3 is 0 Å². The van der Waals surface area contributed by atoms with E-state index in [1.165, 1.54) is 0 Å². The molecule has 0 radical (unpaired) electrons. The highest BCUT2D eigenvalue weighted by Gasteiger charge is 2.22. The molecular weight excluding hydrogens is 316 g/mol. The second-order valence-electron chi connectivity index (χ2n) is 4.03. The van der Waals surface area contributed by atoms with Gasteiger partial charge in [0.25, 0.3) is 0 Å². The van der Waals surface area contributed by atoms with Gasteiger partial charge in [-0.25, -0.2) is 9.97 Å². The summed E-state index contributed by atoms with van der Waals surface area (Å²) in [5.74, 6) is 2.63. The molecule has 1 aliphatic rings. The van der Waals surface area contributed by atoms with Crippen molar-refractivity contribution in [2.45, 2.75) is 13.0 Å². The SMILES string of the molecule is C[C@H](Nc1ncc(Br)cn1)C(=O)N1CCSCC1. The van der Waals surface area contributed by atoms with Crippen LogP contribution in [-0.2, 0) is 4.79 Å². The molecule has 1 saturated heterocycles. The van der Waals surface area contributed by atoms with Crippen molar-refractivity contribution in [2.24, 2.45) is 0 Å². The third kappa shape index (κ3) is 3.58. The van der Waals surface area contributed by atoms with Gasteiger partial charge in [-0.3, -0.25) is 4.79 Å². The molecule has 7 heteroatoms. The molecule has 2 rings (SSSR count). The Morgan fingerprint density at radius 3 is 2.67 bits per heavy atom. The Labute approximate surface area is 119 Å². The van der Waals surface area contributed by atoms with Crippen LogP contribution in [0.25, 0.3) is 0 Å². The van der Waals surface area contributed by atoms with Crippen LogP contribution in [-0.4, -0.2) is 51.4 Å². The quantitative estimate of drug-likeness (QED) is 0.912. The molecule has 0 spiro atoms. The molecule has 0 bridgehead atoms. The molecule has 5 nitrogen and oxygen atoms in total. The molecule has 0 unspecified atom stereocenters. The second-order valence-corrected chi connectivity index (χ2v) is 6.17. The van der Waals surface area contributed by atoms with Gasteiger partial charge < -0.3 is 10.2 Å². The lowest BCUT2D eigenvalue weighted by Gasteiger charge is -2.29. The van der Waals surface area contributed by atoms with Crippen molar-refractivity contribution in [1.29, 1.82) is 0 Å². The lowest BCUT2D eigenvalue weighted by atomic mass is 10.3. The molecular formula is C11H15BrN4OS. The summed E-state index contributed by atoms with van der Waals surface area (Å²) in [6.07, 6.45) is 3.31. The first-order chi connectivity index (χ1) is 8.66. The Balaban J connectivity index is 1.92. The third-order valence-electron chi connectivity index (χ3n) is 2.66. The zero-order valence-electron chi connectivity index (χ0n) is 10.1. The highest BCUT2D eigenvalue weighted by Crippen LogP contribution is 2.12. The Hall–Kier alpha value is -0.820. The first kappa shape index (κ1) is 13.6. The van der Waals surface area contributed by atoms with Gasteiger partial charge in [0.2, 0.25) is 11.9 Å². The number of anilines is 1. The molecule has 1 N–H and O–H groups in total. The number of halogens is 1. The molecule has 1 fully saturated rings. The van der Waals surface area contributed by atoms with Crippen molar-refractivity contribution in [3.05, 3.63) is 16.9 Å². The molecule has 0 aliphatic carbocycles. The molecule has 0 saturated carbocycles. The van der Waals surface area contributed by atoms with Crippen LogP contribution in [0.1, 0.15) is 6.92 Å². The summed E-state index contributed by atoms with van der Waals surface area (Å²) in [6, 6.07) is -0.297. The highest BCUT2D eigenvalue weighted by molar-refractivity contribution is 9.10. The van der Waals surface area contributed by atoms with Gasteiger partial charge in [-0.05, 0) is 22.9 Å². The van der Waals surface area contributed by atoms with E-state index in [0.29, 0.717) is 5.95 Å². The van der Waals surface area contributed by atoms with E-state index >= 15 is 0 Å². The Morgan fingerprint density at radius 1 is 1.44 bits per heavy atom. The first-order valence-electron chi connectivity index (χ1n) is 5.77. The summed E-state index contributed by atoms with van der Waals surface area (Å²) >= 11 is 5.16. The minimum absolute atomic E-state index is 0.113. The van der Waals surface area contributed by atoms with Crippen LogP contribution >= 0.6 is 27.7 Å². The van der Waals surface area contributed by atoms with Crippen molar-refractivity contribution >= 4 is 39.5 Å². The summed E-state index contributed by atoms with van der Waals surface area (Å²) in [7, 11) is 0. The number of hydrogen-bond acceptors (Lipinski definition) is 5. The molecule has 98 valence electrons. The summed E-state index contributed by atoms with van der Waals surface area (Å²) in [4.78, 5) is 22.3. The molecule has 1 aromatic rings. The number of thioether (sulfide) groups is 1. The lowest BCUT2D eigenvalue weighted by molar-refractivity contribution is -0.131. The van der Waals surface area contributed by atoms with E-state index in [-0.39, 0.29) is 11.9 Å². The maximum atomic E-state index is 12.2. The van der Waals surface area contributed by atoms with Crippen LogP contribution < -0.4 is 5.32 Å². The van der Waals surface area contributed by atoms with Crippen molar-refractivity contribution in [3.63, 3.8) is 0 Å². The van der Waals surface area contributed by atoms with Gasteiger partial charge in [0.1, 0.15) is 6.04 Å². The van der Waals surface area contributed by atoms with E-state index < -0.39 is 0 Å². The van der Waals surface area contributed by atoms with Crippen molar-refractivity contribution in [2.75, 3.05) is 29.9 Å². The lowest BCUT2D eigenvalue weighted by Crippen LogP contribution is -2.45. The van der Waals surface area contributed by atoms with Gasteiger partial charge in [-0.2, -0.15) is 11.8 Å². The van der Waals surface area contributed by atoms with Crippen LogP contribution in [0.3, 0.4) is 0 Å². The first-order valence-corrected chi connectivity index (χ1v) is 7.72. The smallest absolute Gasteiger partial charge is 0.244 e. The Morgan fingerprint density at radius 2 is 2.06 bits per heavy atom. The van der Waals surface area contributed by atoms with E-state index in [9.17, 15) is 4.79 Å².